The summed E-state index contributed by atoms with van der Waals surface area (Å²) in [6.07, 6.45) is 6.30. The third-order valence-electron chi connectivity index (χ3n) is 2.90. The molecule has 0 bridgehead atoms. The Bertz CT molecular complexity index is 300. The van der Waals surface area contributed by atoms with Gasteiger partial charge in [-0.25, -0.2) is 0 Å². The molecule has 0 aliphatic heterocycles. The first-order valence-electron chi connectivity index (χ1n) is 5.13. The zero-order valence-electron chi connectivity index (χ0n) is 8.06. The molecule has 0 saturated heterocycles. The minimum atomic E-state index is -0.133. The maximum Gasteiger partial charge on any atom is 0.128 e. The van der Waals surface area contributed by atoms with E-state index < -0.39 is 0 Å². The first kappa shape index (κ1) is 10.2. The Labute approximate surface area is 92.2 Å². The molecule has 78 valence electrons. The monoisotopic (exact) mass is 258 g/mol. The van der Waals surface area contributed by atoms with Gasteiger partial charge in [-0.15, -0.1) is 0 Å². The van der Waals surface area contributed by atoms with Crippen LogP contribution in [0, 0.1) is 5.92 Å². The summed E-state index contributed by atoms with van der Waals surface area (Å²) in [4.78, 5) is 0. The molecule has 2 rings (SSSR count). The van der Waals surface area contributed by atoms with E-state index in [1.165, 1.54) is 12.8 Å². The lowest BCUT2D eigenvalue weighted by atomic mass is 9.86. The Kier molecular flexibility index (Phi) is 3.23. The molecule has 1 saturated carbocycles. The van der Waals surface area contributed by atoms with Crippen LogP contribution in [0.4, 0.5) is 0 Å². The lowest BCUT2D eigenvalue weighted by Crippen LogP contribution is -2.28. The van der Waals surface area contributed by atoms with Crippen molar-refractivity contribution in [2.75, 3.05) is 0 Å². The van der Waals surface area contributed by atoms with Gasteiger partial charge in [0.25, 0.3) is 0 Å². The molecular weight excluding hydrogens is 244 g/mol. The molecule has 0 amide bonds. The van der Waals surface area contributed by atoms with E-state index in [2.05, 4.69) is 21.0 Å². The number of hydrogen-bond donors (Lipinski definition) is 1. The molecule has 1 aromatic rings. The molecular formula is C10H15BrN2O. The number of aliphatic hydroxyl groups is 1. The number of aromatic nitrogens is 2. The number of nitrogens with zero attached hydrogens (tertiary/aromatic N) is 2. The molecule has 1 heterocycles. The summed E-state index contributed by atoms with van der Waals surface area (Å²) < 4.78 is 2.77. The summed E-state index contributed by atoms with van der Waals surface area (Å²) in [6, 6.07) is 1.93. The summed E-state index contributed by atoms with van der Waals surface area (Å²) in [5.41, 5.74) is 0. The molecule has 1 aliphatic rings. The van der Waals surface area contributed by atoms with Crippen LogP contribution in [0.25, 0.3) is 0 Å². The summed E-state index contributed by atoms with van der Waals surface area (Å²) in [5.74, 6) is 0.385. The van der Waals surface area contributed by atoms with E-state index >= 15 is 0 Å². The van der Waals surface area contributed by atoms with E-state index in [0.717, 1.165) is 24.0 Å². The Hall–Kier alpha value is -0.350. The van der Waals surface area contributed by atoms with Gasteiger partial charge in [-0.2, -0.15) is 5.10 Å². The number of halogens is 1. The van der Waals surface area contributed by atoms with Gasteiger partial charge < -0.3 is 5.11 Å². The average molecular weight is 259 g/mol. The van der Waals surface area contributed by atoms with Crippen LogP contribution in [0.2, 0.25) is 0 Å². The van der Waals surface area contributed by atoms with Gasteiger partial charge in [0.2, 0.25) is 0 Å². The maximum absolute atomic E-state index is 9.78. The van der Waals surface area contributed by atoms with E-state index in [4.69, 9.17) is 0 Å². The summed E-state index contributed by atoms with van der Waals surface area (Å²) in [6.45, 7) is 0.840. The second-order valence-corrected chi connectivity index (χ2v) is 4.78. The highest BCUT2D eigenvalue weighted by molar-refractivity contribution is 9.10. The van der Waals surface area contributed by atoms with Crippen LogP contribution in [0.1, 0.15) is 25.7 Å². The number of rotatable bonds is 2. The van der Waals surface area contributed by atoms with Crippen LogP contribution < -0.4 is 0 Å². The van der Waals surface area contributed by atoms with Crippen LogP contribution in [0.3, 0.4) is 0 Å². The number of aliphatic hydroxyl groups excluding tert-OH is 1. The zero-order chi connectivity index (χ0) is 9.97. The molecule has 4 heteroatoms. The average Bonchev–Trinajstić information content (AvgIpc) is 2.56. The van der Waals surface area contributed by atoms with Crippen molar-refractivity contribution in [1.82, 2.24) is 9.78 Å². The quantitative estimate of drug-likeness (QED) is 0.884. The van der Waals surface area contributed by atoms with Crippen LogP contribution in [-0.4, -0.2) is 21.0 Å². The third-order valence-corrected chi connectivity index (χ3v) is 3.32. The maximum atomic E-state index is 9.78. The minimum Gasteiger partial charge on any atom is -0.393 e. The zero-order valence-corrected chi connectivity index (χ0v) is 9.65. The first-order valence-corrected chi connectivity index (χ1v) is 5.92. The van der Waals surface area contributed by atoms with Crippen molar-refractivity contribution < 1.29 is 5.11 Å². The molecule has 1 aromatic heterocycles. The van der Waals surface area contributed by atoms with Gasteiger partial charge in [-0.05, 0) is 34.8 Å². The second-order valence-electron chi connectivity index (χ2n) is 3.97. The van der Waals surface area contributed by atoms with E-state index in [0.29, 0.717) is 5.92 Å². The molecule has 1 aliphatic carbocycles. The van der Waals surface area contributed by atoms with Gasteiger partial charge in [0.15, 0.2) is 0 Å². The second kappa shape index (κ2) is 4.45. The van der Waals surface area contributed by atoms with Crippen molar-refractivity contribution in [2.45, 2.75) is 38.3 Å². The summed E-state index contributed by atoms with van der Waals surface area (Å²) in [5, 5.41) is 14.0. The van der Waals surface area contributed by atoms with Crippen molar-refractivity contribution in [1.29, 1.82) is 0 Å². The van der Waals surface area contributed by atoms with Crippen molar-refractivity contribution >= 4 is 15.9 Å². The first-order chi connectivity index (χ1) is 6.75. The van der Waals surface area contributed by atoms with Crippen molar-refractivity contribution in [2.24, 2.45) is 5.92 Å². The molecule has 1 N–H and O–H groups in total. The lowest BCUT2D eigenvalue weighted by Gasteiger charge is -2.27. The number of hydrogen-bond acceptors (Lipinski definition) is 2. The van der Waals surface area contributed by atoms with Gasteiger partial charge >= 0.3 is 0 Å². The summed E-state index contributed by atoms with van der Waals surface area (Å²) in [7, 11) is 0. The minimum absolute atomic E-state index is 0.133. The fraction of sp³-hybridized carbons (Fsp3) is 0.700. The molecule has 0 spiro atoms. The van der Waals surface area contributed by atoms with E-state index in [9.17, 15) is 5.11 Å². The Morgan fingerprint density at radius 1 is 1.50 bits per heavy atom. The Morgan fingerprint density at radius 3 is 2.93 bits per heavy atom. The van der Waals surface area contributed by atoms with Crippen molar-refractivity contribution in [3.63, 3.8) is 0 Å². The molecule has 2 unspecified atom stereocenters. The largest absolute Gasteiger partial charge is 0.393 e. The van der Waals surface area contributed by atoms with Gasteiger partial charge in [0, 0.05) is 18.7 Å². The van der Waals surface area contributed by atoms with Crippen LogP contribution in [0.15, 0.2) is 16.9 Å². The predicted molar refractivity (Wildman–Crippen MR) is 57.9 cm³/mol. The molecule has 2 atom stereocenters. The third kappa shape index (κ3) is 2.36. The van der Waals surface area contributed by atoms with Gasteiger partial charge in [-0.1, -0.05) is 12.8 Å². The Morgan fingerprint density at radius 2 is 2.29 bits per heavy atom. The predicted octanol–water partition coefficient (Wildman–Crippen LogP) is 2.20. The topological polar surface area (TPSA) is 38.0 Å². The molecule has 14 heavy (non-hydrogen) atoms. The highest BCUT2D eigenvalue weighted by Crippen LogP contribution is 2.25. The van der Waals surface area contributed by atoms with Gasteiger partial charge in [0.05, 0.1) is 6.10 Å². The van der Waals surface area contributed by atoms with Crippen LogP contribution in [0.5, 0.6) is 0 Å². The summed E-state index contributed by atoms with van der Waals surface area (Å²) >= 11 is 3.32. The SMILES string of the molecule is OC1CCCCC1Cn1ccc(Br)n1. The van der Waals surface area contributed by atoms with Gasteiger partial charge in [0.1, 0.15) is 4.60 Å². The smallest absolute Gasteiger partial charge is 0.128 e. The lowest BCUT2D eigenvalue weighted by molar-refractivity contribution is 0.0586. The molecule has 1 fully saturated rings. The molecule has 0 aromatic carbocycles. The Balaban J connectivity index is 1.95. The highest BCUT2D eigenvalue weighted by Gasteiger charge is 2.23. The van der Waals surface area contributed by atoms with Crippen LogP contribution in [-0.2, 0) is 6.54 Å². The highest BCUT2D eigenvalue weighted by atomic mass is 79.9. The van der Waals surface area contributed by atoms with Crippen molar-refractivity contribution in [3.05, 3.63) is 16.9 Å². The van der Waals surface area contributed by atoms with Crippen molar-refractivity contribution in [3.8, 4) is 0 Å². The molecule has 0 radical (unpaired) electrons. The van der Waals surface area contributed by atoms with E-state index in [-0.39, 0.29) is 6.10 Å². The van der Waals surface area contributed by atoms with Gasteiger partial charge in [-0.3, -0.25) is 4.68 Å². The standard InChI is InChI=1S/C10H15BrN2O/c11-10-5-6-13(12-10)7-8-3-1-2-4-9(8)14/h5-6,8-9,14H,1-4,7H2. The molecule has 3 nitrogen and oxygen atoms in total. The van der Waals surface area contributed by atoms with E-state index in [1.807, 2.05) is 16.9 Å². The van der Waals surface area contributed by atoms with E-state index in [1.54, 1.807) is 0 Å². The fourth-order valence-corrected chi connectivity index (χ4v) is 2.40. The normalized spacial score (nSPS) is 27.9. The van der Waals surface area contributed by atoms with Crippen LogP contribution >= 0.6 is 15.9 Å². The fourth-order valence-electron chi connectivity index (χ4n) is 2.08.